The number of aliphatic hydroxyl groups is 1. The number of rotatable bonds is 8. The fourth-order valence-corrected chi connectivity index (χ4v) is 3.74. The molecule has 0 heterocycles. The molecular formula is C12H19NO3S2. The molecule has 1 rings (SSSR count). The van der Waals surface area contributed by atoms with E-state index in [4.69, 9.17) is 5.11 Å². The van der Waals surface area contributed by atoms with E-state index in [9.17, 15) is 8.42 Å². The molecule has 6 heteroatoms. The van der Waals surface area contributed by atoms with Gasteiger partial charge in [-0.1, -0.05) is 18.2 Å². The van der Waals surface area contributed by atoms with Gasteiger partial charge in [-0.05, 0) is 31.2 Å². The lowest BCUT2D eigenvalue weighted by Gasteiger charge is -2.11. The van der Waals surface area contributed by atoms with Gasteiger partial charge in [-0.15, -0.1) is 11.8 Å². The largest absolute Gasteiger partial charge is 0.395 e. The number of hydrogen-bond acceptors (Lipinski definition) is 4. The third kappa shape index (κ3) is 6.39. The molecule has 1 atom stereocenters. The zero-order chi connectivity index (χ0) is 13.4. The molecule has 18 heavy (non-hydrogen) atoms. The summed E-state index contributed by atoms with van der Waals surface area (Å²) in [6.45, 7) is 1.45. The van der Waals surface area contributed by atoms with Gasteiger partial charge < -0.3 is 5.11 Å². The van der Waals surface area contributed by atoms with Crippen molar-refractivity contribution in [2.45, 2.75) is 24.3 Å². The summed E-state index contributed by atoms with van der Waals surface area (Å²) in [6.07, 6.45) is 0.590. The lowest BCUT2D eigenvalue weighted by atomic mass is 10.4. The van der Waals surface area contributed by atoms with Crippen molar-refractivity contribution in [3.63, 3.8) is 0 Å². The van der Waals surface area contributed by atoms with Crippen LogP contribution < -0.4 is 4.72 Å². The minimum absolute atomic E-state index is 0.0944. The highest BCUT2D eigenvalue weighted by Gasteiger charge is 2.13. The molecule has 0 aromatic heterocycles. The molecule has 0 saturated carbocycles. The second kappa shape index (κ2) is 7.78. The minimum atomic E-state index is -3.27. The van der Waals surface area contributed by atoms with Crippen LogP contribution in [0.25, 0.3) is 0 Å². The molecule has 0 aliphatic carbocycles. The Labute approximate surface area is 113 Å². The second-order valence-electron chi connectivity index (χ2n) is 4.04. The Morgan fingerprint density at radius 3 is 2.61 bits per heavy atom. The summed E-state index contributed by atoms with van der Waals surface area (Å²) in [5, 5.41) is 8.79. The average molecular weight is 289 g/mol. The predicted octanol–water partition coefficient (Wildman–Crippen LogP) is 1.47. The smallest absolute Gasteiger partial charge is 0.211 e. The van der Waals surface area contributed by atoms with Crippen molar-refractivity contribution in [3.05, 3.63) is 30.3 Å². The van der Waals surface area contributed by atoms with Gasteiger partial charge in [-0.25, -0.2) is 13.1 Å². The van der Waals surface area contributed by atoms with E-state index in [2.05, 4.69) is 4.72 Å². The van der Waals surface area contributed by atoms with Crippen molar-refractivity contribution in [3.8, 4) is 0 Å². The van der Waals surface area contributed by atoms with Crippen LogP contribution in [0.2, 0.25) is 0 Å². The SMILES string of the molecule is CC(CO)NS(=O)(=O)CCCSc1ccccc1. The first-order valence-corrected chi connectivity index (χ1v) is 8.46. The van der Waals surface area contributed by atoms with Crippen LogP contribution >= 0.6 is 11.8 Å². The highest BCUT2D eigenvalue weighted by molar-refractivity contribution is 7.99. The Bertz CT molecular complexity index is 434. The highest BCUT2D eigenvalue weighted by Crippen LogP contribution is 2.17. The molecule has 2 N–H and O–H groups in total. The quantitative estimate of drug-likeness (QED) is 0.562. The maximum Gasteiger partial charge on any atom is 0.211 e. The molecule has 0 fully saturated rings. The van der Waals surface area contributed by atoms with Gasteiger partial charge >= 0.3 is 0 Å². The summed E-state index contributed by atoms with van der Waals surface area (Å²) in [5.41, 5.74) is 0. The zero-order valence-electron chi connectivity index (χ0n) is 10.4. The van der Waals surface area contributed by atoms with E-state index < -0.39 is 16.1 Å². The van der Waals surface area contributed by atoms with Crippen LogP contribution in [0.5, 0.6) is 0 Å². The highest BCUT2D eigenvalue weighted by atomic mass is 32.2. The molecule has 1 unspecified atom stereocenters. The van der Waals surface area contributed by atoms with Crippen molar-refractivity contribution in [2.75, 3.05) is 18.1 Å². The summed E-state index contributed by atoms with van der Waals surface area (Å²) in [4.78, 5) is 1.14. The average Bonchev–Trinajstić information content (AvgIpc) is 2.35. The molecule has 0 amide bonds. The number of aliphatic hydroxyl groups excluding tert-OH is 1. The maximum absolute atomic E-state index is 11.6. The maximum atomic E-state index is 11.6. The minimum Gasteiger partial charge on any atom is -0.395 e. The molecule has 0 aliphatic rings. The number of benzene rings is 1. The van der Waals surface area contributed by atoms with Gasteiger partial charge in [0, 0.05) is 10.9 Å². The van der Waals surface area contributed by atoms with E-state index in [0.717, 1.165) is 10.6 Å². The number of sulfonamides is 1. The predicted molar refractivity (Wildman–Crippen MR) is 75.3 cm³/mol. The van der Waals surface area contributed by atoms with Crippen LogP contribution in [0.3, 0.4) is 0 Å². The van der Waals surface area contributed by atoms with Gasteiger partial charge in [0.05, 0.1) is 12.4 Å². The number of nitrogens with one attached hydrogen (secondary N) is 1. The second-order valence-corrected chi connectivity index (χ2v) is 7.08. The topological polar surface area (TPSA) is 66.4 Å². The molecule has 0 bridgehead atoms. The van der Waals surface area contributed by atoms with Gasteiger partial charge in [0.2, 0.25) is 10.0 Å². The Morgan fingerprint density at radius 2 is 2.00 bits per heavy atom. The van der Waals surface area contributed by atoms with Crippen molar-refractivity contribution >= 4 is 21.8 Å². The van der Waals surface area contributed by atoms with E-state index in [1.165, 1.54) is 0 Å². The summed E-state index contributed by atoms with van der Waals surface area (Å²) in [7, 11) is -3.27. The summed E-state index contributed by atoms with van der Waals surface area (Å²) < 4.78 is 25.6. The van der Waals surface area contributed by atoms with Crippen LogP contribution in [-0.2, 0) is 10.0 Å². The van der Waals surface area contributed by atoms with Crippen LogP contribution in [0.4, 0.5) is 0 Å². The number of thioether (sulfide) groups is 1. The molecule has 102 valence electrons. The van der Waals surface area contributed by atoms with E-state index in [1.807, 2.05) is 30.3 Å². The molecule has 1 aromatic rings. The summed E-state index contributed by atoms with van der Waals surface area (Å²) in [6, 6.07) is 9.47. The van der Waals surface area contributed by atoms with Gasteiger partial charge in [-0.3, -0.25) is 0 Å². The van der Waals surface area contributed by atoms with Crippen molar-refractivity contribution in [2.24, 2.45) is 0 Å². The van der Waals surface area contributed by atoms with E-state index in [1.54, 1.807) is 18.7 Å². The van der Waals surface area contributed by atoms with Gasteiger partial charge in [-0.2, -0.15) is 0 Å². The monoisotopic (exact) mass is 289 g/mol. The van der Waals surface area contributed by atoms with Crippen LogP contribution in [0.15, 0.2) is 35.2 Å². The first-order valence-electron chi connectivity index (χ1n) is 5.82. The third-order valence-corrected chi connectivity index (χ3v) is 4.91. The van der Waals surface area contributed by atoms with Crippen molar-refractivity contribution < 1.29 is 13.5 Å². The molecule has 0 radical (unpaired) electrons. The molecule has 4 nitrogen and oxygen atoms in total. The molecular weight excluding hydrogens is 270 g/mol. The van der Waals surface area contributed by atoms with E-state index >= 15 is 0 Å². The fraction of sp³-hybridized carbons (Fsp3) is 0.500. The number of hydrogen-bond donors (Lipinski definition) is 2. The molecule has 0 spiro atoms. The first kappa shape index (κ1) is 15.5. The Morgan fingerprint density at radius 1 is 1.33 bits per heavy atom. The van der Waals surface area contributed by atoms with E-state index in [-0.39, 0.29) is 12.4 Å². The third-order valence-electron chi connectivity index (χ3n) is 2.22. The van der Waals surface area contributed by atoms with Gasteiger partial charge in [0.15, 0.2) is 0 Å². The fourth-order valence-electron chi connectivity index (χ4n) is 1.36. The van der Waals surface area contributed by atoms with Gasteiger partial charge in [0.25, 0.3) is 0 Å². The lowest BCUT2D eigenvalue weighted by Crippen LogP contribution is -2.36. The Balaban J connectivity index is 2.25. The van der Waals surface area contributed by atoms with Crippen LogP contribution in [-0.4, -0.2) is 37.7 Å². The van der Waals surface area contributed by atoms with Crippen molar-refractivity contribution in [1.29, 1.82) is 0 Å². The molecule has 0 saturated heterocycles. The van der Waals surface area contributed by atoms with Crippen molar-refractivity contribution in [1.82, 2.24) is 4.72 Å². The van der Waals surface area contributed by atoms with Gasteiger partial charge in [0.1, 0.15) is 0 Å². The standard InChI is InChI=1S/C12H19NO3S2/c1-11(10-14)13-18(15,16)9-5-8-17-12-6-3-2-4-7-12/h2-4,6-7,11,13-14H,5,8-10H2,1H3. The molecule has 0 aliphatic heterocycles. The normalized spacial score (nSPS) is 13.4. The summed E-state index contributed by atoms with van der Waals surface area (Å²) in [5.74, 6) is 0.857. The Hall–Kier alpha value is -0.560. The van der Waals surface area contributed by atoms with Crippen LogP contribution in [0, 0.1) is 0 Å². The van der Waals surface area contributed by atoms with E-state index in [0.29, 0.717) is 6.42 Å². The first-order chi connectivity index (χ1) is 8.53. The zero-order valence-corrected chi connectivity index (χ0v) is 12.0. The summed E-state index contributed by atoms with van der Waals surface area (Å²) >= 11 is 1.64. The van der Waals surface area contributed by atoms with Crippen LogP contribution in [0.1, 0.15) is 13.3 Å². The molecule has 1 aromatic carbocycles. The Kier molecular flexibility index (Phi) is 6.70. The lowest BCUT2D eigenvalue weighted by molar-refractivity contribution is 0.265.